The highest BCUT2D eigenvalue weighted by Gasteiger charge is 2.56. The Hall–Kier alpha value is -1.41. The number of hydrogen-bond acceptors (Lipinski definition) is 0. The van der Waals surface area contributed by atoms with Crippen LogP contribution in [0.1, 0.15) is 34.4 Å². The molecule has 3 heteroatoms. The van der Waals surface area contributed by atoms with Gasteiger partial charge in [-0.15, -0.1) is 11.6 Å². The molecule has 0 bridgehead atoms. The zero-order valence-corrected chi connectivity index (χ0v) is 12.2. The van der Waals surface area contributed by atoms with Crippen molar-refractivity contribution in [2.45, 2.75) is 24.1 Å². The summed E-state index contributed by atoms with van der Waals surface area (Å²) in [6.45, 7) is 0. The van der Waals surface area contributed by atoms with Crippen molar-refractivity contribution in [1.29, 1.82) is 0 Å². The van der Waals surface area contributed by atoms with Gasteiger partial charge in [-0.2, -0.15) is 0 Å². The van der Waals surface area contributed by atoms with E-state index >= 15 is 0 Å². The van der Waals surface area contributed by atoms with Gasteiger partial charge in [0.2, 0.25) is 0 Å². The first-order chi connectivity index (χ1) is 10.2. The maximum atomic E-state index is 13.4. The minimum atomic E-state index is -0.818. The van der Waals surface area contributed by atoms with Crippen molar-refractivity contribution in [1.82, 2.24) is 0 Å². The van der Waals surface area contributed by atoms with Crippen LogP contribution in [0.3, 0.4) is 0 Å². The maximum absolute atomic E-state index is 13.4. The molecule has 4 rings (SSSR count). The summed E-state index contributed by atoms with van der Waals surface area (Å²) in [5, 5.41) is -0.249. The van der Waals surface area contributed by atoms with Crippen molar-refractivity contribution in [3.8, 4) is 0 Å². The molecule has 0 N–H and O–H groups in total. The minimum Gasteiger partial charge on any atom is -0.204 e. The number of hydrogen-bond donors (Lipinski definition) is 0. The molecular formula is C18H15ClF2. The van der Waals surface area contributed by atoms with Gasteiger partial charge in [-0.25, -0.2) is 8.78 Å². The van der Waals surface area contributed by atoms with E-state index in [-0.39, 0.29) is 5.38 Å². The van der Waals surface area contributed by atoms with Crippen molar-refractivity contribution in [2.75, 3.05) is 0 Å². The van der Waals surface area contributed by atoms with Gasteiger partial charge in [0.1, 0.15) is 0 Å². The molecule has 0 heterocycles. The summed E-state index contributed by atoms with van der Waals surface area (Å²) in [6.07, 6.45) is 2.23. The molecule has 0 nitrogen and oxygen atoms in total. The Balaban J connectivity index is 1.63. The summed E-state index contributed by atoms with van der Waals surface area (Å²) in [6, 6.07) is 12.5. The van der Waals surface area contributed by atoms with Crippen LogP contribution in [0.15, 0.2) is 42.5 Å². The molecule has 108 valence electrons. The fraction of sp³-hybridized carbons (Fsp3) is 0.333. The lowest BCUT2D eigenvalue weighted by molar-refractivity contribution is 0.505. The first kappa shape index (κ1) is 13.3. The summed E-state index contributed by atoms with van der Waals surface area (Å²) in [4.78, 5) is 0. The molecule has 0 radical (unpaired) electrons. The lowest BCUT2D eigenvalue weighted by atomic mass is 9.92. The Kier molecular flexibility index (Phi) is 3.04. The predicted octanol–water partition coefficient (Wildman–Crippen LogP) is 5.22. The average molecular weight is 305 g/mol. The molecule has 2 aromatic rings. The van der Waals surface area contributed by atoms with Gasteiger partial charge in [-0.3, -0.25) is 0 Å². The van der Waals surface area contributed by atoms with Crippen molar-refractivity contribution in [3.63, 3.8) is 0 Å². The highest BCUT2D eigenvalue weighted by Crippen LogP contribution is 2.65. The Labute approximate surface area is 127 Å². The molecule has 0 aliphatic heterocycles. The molecule has 21 heavy (non-hydrogen) atoms. The van der Waals surface area contributed by atoms with E-state index in [1.165, 1.54) is 23.3 Å². The average Bonchev–Trinajstić information content (AvgIpc) is 3.24. The van der Waals surface area contributed by atoms with Crippen molar-refractivity contribution >= 4 is 11.6 Å². The molecule has 1 fully saturated rings. The van der Waals surface area contributed by atoms with E-state index in [9.17, 15) is 8.78 Å². The maximum Gasteiger partial charge on any atom is 0.159 e. The standard InChI is InChI=1S/C18H15ClF2/c19-18(11-6-8-14(20)15(21)9-11)17-13-7-5-10-3-1-2-4-12(10)16(13)17/h1-4,6,8-9,13,16-18H,5,7H2. The van der Waals surface area contributed by atoms with E-state index in [2.05, 4.69) is 24.3 Å². The Morgan fingerprint density at radius 2 is 1.86 bits per heavy atom. The number of fused-ring (bicyclic) bond motifs is 3. The van der Waals surface area contributed by atoms with Crippen LogP contribution in [0.25, 0.3) is 0 Å². The molecule has 1 saturated carbocycles. The number of alkyl halides is 1. The van der Waals surface area contributed by atoms with E-state index < -0.39 is 11.6 Å². The van der Waals surface area contributed by atoms with Crippen LogP contribution in [0.4, 0.5) is 8.78 Å². The molecule has 0 saturated heterocycles. The smallest absolute Gasteiger partial charge is 0.159 e. The van der Waals surface area contributed by atoms with E-state index in [0.29, 0.717) is 23.3 Å². The van der Waals surface area contributed by atoms with Crippen LogP contribution < -0.4 is 0 Å². The van der Waals surface area contributed by atoms with Gasteiger partial charge in [0, 0.05) is 0 Å². The summed E-state index contributed by atoms with van der Waals surface area (Å²) in [7, 11) is 0. The number of halogens is 3. The summed E-state index contributed by atoms with van der Waals surface area (Å²) >= 11 is 6.58. The predicted molar refractivity (Wildman–Crippen MR) is 79.4 cm³/mol. The SMILES string of the molecule is Fc1ccc(C(Cl)C2C3CCc4ccccc4C32)cc1F. The summed E-state index contributed by atoms with van der Waals surface area (Å²) < 4.78 is 26.5. The third-order valence-corrected chi connectivity index (χ3v) is 5.53. The zero-order chi connectivity index (χ0) is 14.6. The van der Waals surface area contributed by atoms with Crippen molar-refractivity contribution < 1.29 is 8.78 Å². The second-order valence-electron chi connectivity index (χ2n) is 6.08. The first-order valence-corrected chi connectivity index (χ1v) is 7.77. The Morgan fingerprint density at radius 3 is 2.67 bits per heavy atom. The topological polar surface area (TPSA) is 0 Å². The van der Waals surface area contributed by atoms with Crippen LogP contribution in [0.2, 0.25) is 0 Å². The monoisotopic (exact) mass is 304 g/mol. The van der Waals surface area contributed by atoms with Gasteiger partial charge < -0.3 is 0 Å². The second kappa shape index (κ2) is 4.81. The molecule has 0 spiro atoms. The largest absolute Gasteiger partial charge is 0.204 e. The molecule has 2 aromatic carbocycles. The molecular weight excluding hydrogens is 290 g/mol. The van der Waals surface area contributed by atoms with E-state index in [4.69, 9.17) is 11.6 Å². The van der Waals surface area contributed by atoms with E-state index in [0.717, 1.165) is 12.8 Å². The molecule has 4 atom stereocenters. The van der Waals surface area contributed by atoms with Gasteiger partial charge in [-0.05, 0) is 59.4 Å². The highest BCUT2D eigenvalue weighted by atomic mass is 35.5. The van der Waals surface area contributed by atoms with Crippen LogP contribution >= 0.6 is 11.6 Å². The highest BCUT2D eigenvalue weighted by molar-refractivity contribution is 6.21. The third-order valence-electron chi connectivity index (χ3n) is 4.99. The summed E-state index contributed by atoms with van der Waals surface area (Å²) in [5.41, 5.74) is 3.50. The van der Waals surface area contributed by atoms with E-state index in [1.807, 2.05) is 0 Å². The second-order valence-corrected chi connectivity index (χ2v) is 6.55. The number of rotatable bonds is 2. The first-order valence-electron chi connectivity index (χ1n) is 7.33. The molecule has 0 aromatic heterocycles. The van der Waals surface area contributed by atoms with Gasteiger partial charge in [0.05, 0.1) is 5.38 Å². The Morgan fingerprint density at radius 1 is 1.05 bits per heavy atom. The normalized spacial score (nSPS) is 27.7. The third kappa shape index (κ3) is 2.08. The Bertz CT molecular complexity index is 697. The van der Waals surface area contributed by atoms with E-state index in [1.54, 1.807) is 6.07 Å². The number of aryl methyl sites for hydroxylation is 1. The van der Waals surface area contributed by atoms with Crippen LogP contribution in [0.5, 0.6) is 0 Å². The van der Waals surface area contributed by atoms with Crippen LogP contribution in [-0.4, -0.2) is 0 Å². The van der Waals surface area contributed by atoms with Gasteiger partial charge in [-0.1, -0.05) is 30.3 Å². The van der Waals surface area contributed by atoms with Gasteiger partial charge in [0.25, 0.3) is 0 Å². The molecule has 4 unspecified atom stereocenters. The van der Waals surface area contributed by atoms with Gasteiger partial charge in [0.15, 0.2) is 11.6 Å². The van der Waals surface area contributed by atoms with Crippen LogP contribution in [-0.2, 0) is 6.42 Å². The van der Waals surface area contributed by atoms with Crippen molar-refractivity contribution in [2.24, 2.45) is 11.8 Å². The quantitative estimate of drug-likeness (QED) is 0.667. The fourth-order valence-electron chi connectivity index (χ4n) is 3.92. The lowest BCUT2D eigenvalue weighted by Gasteiger charge is -2.13. The van der Waals surface area contributed by atoms with Crippen molar-refractivity contribution in [3.05, 3.63) is 70.8 Å². The zero-order valence-electron chi connectivity index (χ0n) is 11.4. The molecule has 0 amide bonds. The minimum absolute atomic E-state index is 0.249. The van der Waals surface area contributed by atoms with Crippen LogP contribution in [0, 0.1) is 23.5 Å². The number of benzene rings is 2. The molecule has 2 aliphatic carbocycles. The molecule has 2 aliphatic rings. The fourth-order valence-corrected chi connectivity index (χ4v) is 4.40. The lowest BCUT2D eigenvalue weighted by Crippen LogP contribution is -2.00. The van der Waals surface area contributed by atoms with Gasteiger partial charge >= 0.3 is 0 Å². The summed E-state index contributed by atoms with van der Waals surface area (Å²) in [5.74, 6) is -0.246.